The van der Waals surface area contributed by atoms with Gasteiger partial charge in [0.25, 0.3) is 0 Å². The van der Waals surface area contributed by atoms with E-state index in [0.717, 1.165) is 39.0 Å². The molecule has 0 saturated heterocycles. The Morgan fingerprint density at radius 2 is 1.93 bits per heavy atom. The van der Waals surface area contributed by atoms with E-state index in [1.165, 1.54) is 0 Å². The normalized spacial score (nSPS) is 11.7. The summed E-state index contributed by atoms with van der Waals surface area (Å²) in [6.45, 7) is 5.76. The Hall–Kier alpha value is -3.21. The molecule has 0 spiro atoms. The van der Waals surface area contributed by atoms with Crippen molar-refractivity contribution in [3.63, 3.8) is 0 Å². The van der Waals surface area contributed by atoms with E-state index in [1.807, 2.05) is 57.2 Å². The van der Waals surface area contributed by atoms with Gasteiger partial charge in [-0.05, 0) is 50.1 Å². The molecule has 1 aromatic heterocycles. The van der Waals surface area contributed by atoms with Gasteiger partial charge in [0, 0.05) is 34.7 Å². The number of hydrogen-bond donors (Lipinski definition) is 1. The number of nitrogens with one attached hydrogen (secondary N) is 1. The van der Waals surface area contributed by atoms with Gasteiger partial charge in [0.1, 0.15) is 17.1 Å². The molecule has 5 nitrogen and oxygen atoms in total. The number of methoxy groups -OCH3 is 2. The van der Waals surface area contributed by atoms with Gasteiger partial charge in [-0.15, -0.1) is 0 Å². The molecular formula is C23H25NO4. The second kappa shape index (κ2) is 8.21. The van der Waals surface area contributed by atoms with E-state index in [2.05, 4.69) is 5.32 Å². The number of benzene rings is 2. The molecule has 0 radical (unpaired) electrons. The molecule has 0 saturated carbocycles. The Balaban J connectivity index is 2.10. The molecule has 0 fully saturated rings. The highest BCUT2D eigenvalue weighted by molar-refractivity contribution is 6.00. The fraction of sp³-hybridized carbons (Fsp3) is 0.261. The quantitative estimate of drug-likeness (QED) is 0.609. The maximum absolute atomic E-state index is 12.1. The van der Waals surface area contributed by atoms with E-state index in [4.69, 9.17) is 13.9 Å². The van der Waals surface area contributed by atoms with E-state index >= 15 is 0 Å². The van der Waals surface area contributed by atoms with E-state index in [1.54, 1.807) is 26.6 Å². The van der Waals surface area contributed by atoms with Crippen LogP contribution in [0.15, 0.2) is 53.2 Å². The van der Waals surface area contributed by atoms with Gasteiger partial charge in [-0.1, -0.05) is 12.1 Å². The zero-order chi connectivity index (χ0) is 20.3. The average molecular weight is 379 g/mol. The van der Waals surface area contributed by atoms with Crippen LogP contribution in [0.1, 0.15) is 26.3 Å². The lowest BCUT2D eigenvalue weighted by molar-refractivity contribution is -0.116. The van der Waals surface area contributed by atoms with Gasteiger partial charge in [0.05, 0.1) is 20.5 Å². The summed E-state index contributed by atoms with van der Waals surface area (Å²) in [7, 11) is 3.25. The van der Waals surface area contributed by atoms with Gasteiger partial charge in [0.2, 0.25) is 5.91 Å². The van der Waals surface area contributed by atoms with Gasteiger partial charge in [-0.25, -0.2) is 0 Å². The molecule has 3 aromatic rings. The first-order valence-electron chi connectivity index (χ1n) is 9.15. The highest BCUT2D eigenvalue weighted by Gasteiger charge is 2.15. The molecule has 146 valence electrons. The SMILES string of the molecule is COc1cccc(-c2coc3cc(OC)c(/C(C)=C/C(=O)NC(C)C)cc23)c1. The van der Waals surface area contributed by atoms with Crippen LogP contribution in [0.4, 0.5) is 0 Å². The van der Waals surface area contributed by atoms with Crippen LogP contribution in [0, 0.1) is 0 Å². The van der Waals surface area contributed by atoms with Crippen molar-refractivity contribution in [2.75, 3.05) is 14.2 Å². The molecule has 1 N–H and O–H groups in total. The molecule has 0 atom stereocenters. The maximum atomic E-state index is 12.1. The second-order valence-electron chi connectivity index (χ2n) is 6.92. The lowest BCUT2D eigenvalue weighted by Gasteiger charge is -2.11. The number of allylic oxidation sites excluding steroid dienone is 1. The number of carbonyl (C=O) groups excluding carboxylic acids is 1. The van der Waals surface area contributed by atoms with Crippen LogP contribution in [0.2, 0.25) is 0 Å². The second-order valence-corrected chi connectivity index (χ2v) is 6.92. The molecule has 2 aromatic carbocycles. The number of furan rings is 1. The summed E-state index contributed by atoms with van der Waals surface area (Å²) in [6, 6.07) is 11.8. The minimum Gasteiger partial charge on any atom is -0.497 e. The van der Waals surface area contributed by atoms with E-state index in [9.17, 15) is 4.79 Å². The molecule has 28 heavy (non-hydrogen) atoms. The molecule has 0 unspecified atom stereocenters. The summed E-state index contributed by atoms with van der Waals surface area (Å²) in [5.41, 5.74) is 4.33. The maximum Gasteiger partial charge on any atom is 0.244 e. The minimum atomic E-state index is -0.130. The molecule has 5 heteroatoms. The summed E-state index contributed by atoms with van der Waals surface area (Å²) in [6.07, 6.45) is 3.32. The molecule has 3 rings (SSSR count). The number of rotatable bonds is 6. The highest BCUT2D eigenvalue weighted by Crippen LogP contribution is 2.38. The molecule has 0 aliphatic rings. The third-order valence-corrected chi connectivity index (χ3v) is 4.48. The predicted octanol–water partition coefficient (Wildman–Crippen LogP) is 5.04. The summed E-state index contributed by atoms with van der Waals surface area (Å²) < 4.78 is 16.6. The smallest absolute Gasteiger partial charge is 0.244 e. The number of hydrogen-bond acceptors (Lipinski definition) is 4. The lowest BCUT2D eigenvalue weighted by Crippen LogP contribution is -2.28. The average Bonchev–Trinajstić information content (AvgIpc) is 3.09. The third kappa shape index (κ3) is 4.03. The fourth-order valence-corrected chi connectivity index (χ4v) is 3.15. The first-order valence-corrected chi connectivity index (χ1v) is 9.15. The molecule has 0 bridgehead atoms. The van der Waals surface area contributed by atoms with E-state index in [-0.39, 0.29) is 11.9 Å². The van der Waals surface area contributed by atoms with Crippen molar-refractivity contribution in [3.8, 4) is 22.6 Å². The fourth-order valence-electron chi connectivity index (χ4n) is 3.15. The van der Waals surface area contributed by atoms with Crippen LogP contribution in [-0.2, 0) is 4.79 Å². The van der Waals surface area contributed by atoms with Crippen LogP contribution in [0.5, 0.6) is 11.5 Å². The van der Waals surface area contributed by atoms with Crippen LogP contribution >= 0.6 is 0 Å². The van der Waals surface area contributed by atoms with Gasteiger partial charge in [-0.2, -0.15) is 0 Å². The Morgan fingerprint density at radius 3 is 2.61 bits per heavy atom. The number of ether oxygens (including phenoxy) is 2. The van der Waals surface area contributed by atoms with Crippen molar-refractivity contribution in [1.82, 2.24) is 5.32 Å². The lowest BCUT2D eigenvalue weighted by atomic mass is 9.99. The van der Waals surface area contributed by atoms with Crippen molar-refractivity contribution >= 4 is 22.4 Å². The molecule has 0 aliphatic heterocycles. The van der Waals surface area contributed by atoms with Gasteiger partial charge >= 0.3 is 0 Å². The summed E-state index contributed by atoms with van der Waals surface area (Å²) in [5, 5.41) is 3.82. The zero-order valence-corrected chi connectivity index (χ0v) is 16.8. The number of carbonyl (C=O) groups is 1. The Labute approximate surface area is 164 Å². The summed E-state index contributed by atoms with van der Waals surface area (Å²) in [5.74, 6) is 1.31. The monoisotopic (exact) mass is 379 g/mol. The Morgan fingerprint density at radius 1 is 1.14 bits per heavy atom. The first-order chi connectivity index (χ1) is 13.4. The molecule has 1 heterocycles. The third-order valence-electron chi connectivity index (χ3n) is 4.48. The van der Waals surface area contributed by atoms with Crippen LogP contribution < -0.4 is 14.8 Å². The van der Waals surface area contributed by atoms with Crippen molar-refractivity contribution in [2.45, 2.75) is 26.8 Å². The van der Waals surface area contributed by atoms with Crippen LogP contribution in [-0.4, -0.2) is 26.2 Å². The predicted molar refractivity (Wildman–Crippen MR) is 112 cm³/mol. The van der Waals surface area contributed by atoms with E-state index in [0.29, 0.717) is 5.75 Å². The summed E-state index contributed by atoms with van der Waals surface area (Å²) in [4.78, 5) is 12.1. The molecular weight excluding hydrogens is 354 g/mol. The zero-order valence-electron chi connectivity index (χ0n) is 16.8. The summed E-state index contributed by atoms with van der Waals surface area (Å²) >= 11 is 0. The Kier molecular flexibility index (Phi) is 5.73. The van der Waals surface area contributed by atoms with Crippen molar-refractivity contribution < 1.29 is 18.7 Å². The van der Waals surface area contributed by atoms with Gasteiger partial charge in [0.15, 0.2) is 0 Å². The van der Waals surface area contributed by atoms with Crippen LogP contribution in [0.25, 0.3) is 27.7 Å². The van der Waals surface area contributed by atoms with Crippen molar-refractivity contribution in [2.24, 2.45) is 0 Å². The van der Waals surface area contributed by atoms with Gasteiger partial charge in [-0.3, -0.25) is 4.79 Å². The topological polar surface area (TPSA) is 60.7 Å². The minimum absolute atomic E-state index is 0.0782. The molecule has 1 amide bonds. The Bertz CT molecular complexity index is 1030. The standard InChI is InChI=1S/C23H25NO4/c1-14(2)24-23(25)9-15(3)18-11-19-20(13-28-22(19)12-21(18)27-5)16-7-6-8-17(10-16)26-4/h6-14H,1-5H3,(H,24,25)/b15-9+. The van der Waals surface area contributed by atoms with Crippen molar-refractivity contribution in [3.05, 3.63) is 54.3 Å². The van der Waals surface area contributed by atoms with Crippen molar-refractivity contribution in [1.29, 1.82) is 0 Å². The number of fused-ring (bicyclic) bond motifs is 1. The largest absolute Gasteiger partial charge is 0.497 e. The van der Waals surface area contributed by atoms with Gasteiger partial charge < -0.3 is 19.2 Å². The molecule has 0 aliphatic carbocycles. The van der Waals surface area contributed by atoms with E-state index < -0.39 is 0 Å². The first kappa shape index (κ1) is 19.5. The highest BCUT2D eigenvalue weighted by atomic mass is 16.5. The number of amides is 1. The van der Waals surface area contributed by atoms with Crippen LogP contribution in [0.3, 0.4) is 0 Å².